The molecule has 1 heterocycles. The zero-order valence-corrected chi connectivity index (χ0v) is 20.2. The molecule has 5 heteroatoms. The lowest BCUT2D eigenvalue weighted by molar-refractivity contribution is -0.135. The van der Waals surface area contributed by atoms with E-state index < -0.39 is 0 Å². The molecule has 1 spiro atoms. The summed E-state index contributed by atoms with van der Waals surface area (Å²) in [7, 11) is 0. The van der Waals surface area contributed by atoms with Gasteiger partial charge in [-0.3, -0.25) is 9.59 Å². The van der Waals surface area contributed by atoms with Crippen LogP contribution in [0.4, 0.5) is 0 Å². The second kappa shape index (κ2) is 9.25. The molecule has 2 amide bonds. The maximum absolute atomic E-state index is 13.5. The molecular weight excluding hydrogens is 410 g/mol. The maximum Gasteiger partial charge on any atom is 0.225 e. The Labute approximate surface area is 198 Å². The first-order valence-electron chi connectivity index (χ1n) is 13.0. The van der Waals surface area contributed by atoms with Crippen LogP contribution in [0.15, 0.2) is 36.4 Å². The number of allylic oxidation sites excluding steroid dienone is 2. The van der Waals surface area contributed by atoms with Gasteiger partial charge in [-0.1, -0.05) is 42.0 Å². The van der Waals surface area contributed by atoms with Crippen LogP contribution < -0.4 is 10.6 Å². The molecule has 1 aromatic carbocycles. The lowest BCUT2D eigenvalue weighted by atomic mass is 9.81. The van der Waals surface area contributed by atoms with Crippen LogP contribution in [-0.2, 0) is 9.59 Å². The van der Waals surface area contributed by atoms with Gasteiger partial charge in [-0.05, 0) is 94.8 Å². The van der Waals surface area contributed by atoms with Gasteiger partial charge in [-0.15, -0.1) is 0 Å². The molecule has 1 saturated heterocycles. The molecule has 5 atom stereocenters. The van der Waals surface area contributed by atoms with Gasteiger partial charge in [0, 0.05) is 6.54 Å². The summed E-state index contributed by atoms with van der Waals surface area (Å²) in [6, 6.07) is 8.26. The first-order valence-corrected chi connectivity index (χ1v) is 13.0. The van der Waals surface area contributed by atoms with Crippen LogP contribution in [-0.4, -0.2) is 42.9 Å². The van der Waals surface area contributed by atoms with E-state index in [0.29, 0.717) is 6.54 Å². The first-order chi connectivity index (χ1) is 16.0. The summed E-state index contributed by atoms with van der Waals surface area (Å²) < 4.78 is 0. The fraction of sp³-hybridized carbons (Fsp3) is 0.643. The highest BCUT2D eigenvalue weighted by molar-refractivity contribution is 5.90. The minimum absolute atomic E-state index is 0.0420. The monoisotopic (exact) mass is 449 g/mol. The lowest BCUT2D eigenvalue weighted by Crippen LogP contribution is -2.44. The van der Waals surface area contributed by atoms with Gasteiger partial charge in [0.15, 0.2) is 0 Å². The number of hydrogen-bond donors (Lipinski definition) is 2. The predicted octanol–water partition coefficient (Wildman–Crippen LogP) is 3.99. The van der Waals surface area contributed by atoms with Crippen molar-refractivity contribution in [1.82, 2.24) is 15.5 Å². The van der Waals surface area contributed by atoms with Crippen LogP contribution in [0.5, 0.6) is 0 Å². The van der Waals surface area contributed by atoms with Gasteiger partial charge in [-0.25, -0.2) is 0 Å². The molecule has 3 aliphatic carbocycles. The number of benzene rings is 1. The van der Waals surface area contributed by atoms with Crippen molar-refractivity contribution in [3.63, 3.8) is 0 Å². The lowest BCUT2D eigenvalue weighted by Gasteiger charge is -2.28. The van der Waals surface area contributed by atoms with Gasteiger partial charge >= 0.3 is 0 Å². The van der Waals surface area contributed by atoms with Gasteiger partial charge in [0.05, 0.1) is 17.9 Å². The van der Waals surface area contributed by atoms with E-state index in [-0.39, 0.29) is 46.9 Å². The molecule has 3 fully saturated rings. The molecule has 1 unspecified atom stereocenters. The molecule has 5 nitrogen and oxygen atoms in total. The Bertz CT molecular complexity index is 898. The number of hydrogen-bond acceptors (Lipinski definition) is 3. The SMILES string of the molecule is Cc1ccc(C(C)NC(=O)[C@H]2[C@H](C(=O)NCCCCN3CCCC3)[C@H]3C=C[C@H]2C32CC2)cc1. The van der Waals surface area contributed by atoms with Gasteiger partial charge < -0.3 is 15.5 Å². The van der Waals surface area contributed by atoms with Crippen molar-refractivity contribution in [3.8, 4) is 0 Å². The number of aryl methyl sites for hydroxylation is 1. The second-order valence-electron chi connectivity index (χ2n) is 10.9. The number of rotatable bonds is 9. The van der Waals surface area contributed by atoms with E-state index in [4.69, 9.17) is 0 Å². The molecule has 178 valence electrons. The van der Waals surface area contributed by atoms with Gasteiger partial charge in [0.2, 0.25) is 11.8 Å². The molecule has 2 N–H and O–H groups in total. The summed E-state index contributed by atoms with van der Waals surface area (Å²) in [5.74, 6) is 0.0743. The molecule has 4 aliphatic rings. The van der Waals surface area contributed by atoms with Crippen molar-refractivity contribution in [2.24, 2.45) is 29.1 Å². The van der Waals surface area contributed by atoms with Crippen molar-refractivity contribution < 1.29 is 9.59 Å². The van der Waals surface area contributed by atoms with Crippen LogP contribution in [0.1, 0.15) is 62.6 Å². The molecule has 2 saturated carbocycles. The van der Waals surface area contributed by atoms with Crippen molar-refractivity contribution >= 4 is 11.8 Å². The molecule has 1 aromatic rings. The van der Waals surface area contributed by atoms with Crippen LogP contribution in [0.3, 0.4) is 0 Å². The Hall–Kier alpha value is -2.14. The summed E-state index contributed by atoms with van der Waals surface area (Å²) in [6.45, 7) is 8.41. The Morgan fingerprint density at radius 2 is 1.64 bits per heavy atom. The average Bonchev–Trinajstić information content (AvgIpc) is 3.16. The Morgan fingerprint density at radius 1 is 1.00 bits per heavy atom. The molecule has 0 aromatic heterocycles. The van der Waals surface area contributed by atoms with Gasteiger partial charge in [0.25, 0.3) is 0 Å². The number of carbonyl (C=O) groups is 2. The smallest absolute Gasteiger partial charge is 0.225 e. The number of unbranched alkanes of at least 4 members (excludes halogenated alkanes) is 1. The fourth-order valence-corrected chi connectivity index (χ4v) is 6.75. The average molecular weight is 450 g/mol. The first kappa shape index (κ1) is 22.6. The van der Waals surface area contributed by atoms with Crippen molar-refractivity contribution in [2.45, 2.75) is 58.4 Å². The predicted molar refractivity (Wildman–Crippen MR) is 130 cm³/mol. The number of nitrogens with zero attached hydrogens (tertiary/aromatic N) is 1. The van der Waals surface area contributed by atoms with Gasteiger partial charge in [0.1, 0.15) is 0 Å². The third-order valence-corrected chi connectivity index (χ3v) is 8.78. The zero-order valence-electron chi connectivity index (χ0n) is 20.2. The van der Waals surface area contributed by atoms with Crippen LogP contribution in [0, 0.1) is 36.0 Å². The Kier molecular flexibility index (Phi) is 6.34. The minimum Gasteiger partial charge on any atom is -0.356 e. The summed E-state index contributed by atoms with van der Waals surface area (Å²) in [5.41, 5.74) is 2.49. The summed E-state index contributed by atoms with van der Waals surface area (Å²) in [4.78, 5) is 29.4. The largest absolute Gasteiger partial charge is 0.356 e. The molecule has 5 rings (SSSR count). The molecule has 2 bridgehead atoms. The van der Waals surface area contributed by atoms with E-state index in [9.17, 15) is 9.59 Å². The topological polar surface area (TPSA) is 61.4 Å². The highest BCUT2D eigenvalue weighted by atomic mass is 16.2. The molecule has 33 heavy (non-hydrogen) atoms. The van der Waals surface area contributed by atoms with Crippen LogP contribution >= 0.6 is 0 Å². The van der Waals surface area contributed by atoms with Crippen molar-refractivity contribution in [3.05, 3.63) is 47.5 Å². The fourth-order valence-electron chi connectivity index (χ4n) is 6.75. The molecule has 0 radical (unpaired) electrons. The van der Waals surface area contributed by atoms with Crippen LogP contribution in [0.2, 0.25) is 0 Å². The standard InChI is InChI=1S/C28H39N3O2/c1-19-7-9-21(10-8-19)20(2)30-27(33)25-23-12-11-22(28(23)13-14-28)24(25)26(32)29-15-3-4-16-31-17-5-6-18-31/h7-12,20,22-25H,3-6,13-18H2,1-2H3,(H,29,32)(H,30,33)/t20?,22-,23-,24-,25-/m1/s1. The zero-order chi connectivity index (χ0) is 23.0. The maximum atomic E-state index is 13.5. The van der Waals surface area contributed by atoms with E-state index in [1.807, 2.05) is 6.92 Å². The second-order valence-corrected chi connectivity index (χ2v) is 10.9. The van der Waals surface area contributed by atoms with E-state index >= 15 is 0 Å². The number of nitrogens with one attached hydrogen (secondary N) is 2. The summed E-state index contributed by atoms with van der Waals surface area (Å²) in [5, 5.41) is 6.45. The Morgan fingerprint density at radius 3 is 2.27 bits per heavy atom. The van der Waals surface area contributed by atoms with E-state index in [1.165, 1.54) is 31.5 Å². The highest BCUT2D eigenvalue weighted by Crippen LogP contribution is 2.72. The third kappa shape index (κ3) is 4.37. The minimum atomic E-state index is -0.250. The number of likely N-dealkylation sites (tertiary alicyclic amines) is 1. The Balaban J connectivity index is 1.20. The molecular formula is C28H39N3O2. The van der Waals surface area contributed by atoms with E-state index in [1.54, 1.807) is 0 Å². The quantitative estimate of drug-likeness (QED) is 0.443. The number of carbonyl (C=O) groups excluding carboxylic acids is 2. The van der Waals surface area contributed by atoms with Crippen molar-refractivity contribution in [1.29, 1.82) is 0 Å². The molecule has 1 aliphatic heterocycles. The third-order valence-electron chi connectivity index (χ3n) is 8.78. The van der Waals surface area contributed by atoms with E-state index in [0.717, 1.165) is 37.8 Å². The van der Waals surface area contributed by atoms with Gasteiger partial charge in [-0.2, -0.15) is 0 Å². The number of amides is 2. The normalized spacial score (nSPS) is 30.0. The highest BCUT2D eigenvalue weighted by Gasteiger charge is 2.69. The van der Waals surface area contributed by atoms with Crippen LogP contribution in [0.25, 0.3) is 0 Å². The van der Waals surface area contributed by atoms with Crippen molar-refractivity contribution in [2.75, 3.05) is 26.2 Å². The summed E-state index contributed by atoms with van der Waals surface area (Å²) >= 11 is 0. The van der Waals surface area contributed by atoms with E-state index in [2.05, 4.69) is 58.9 Å². The summed E-state index contributed by atoms with van der Waals surface area (Å²) in [6.07, 6.45) is 11.5.